The van der Waals surface area contributed by atoms with Crippen LogP contribution in [0.1, 0.15) is 87.7 Å². The Hall–Kier alpha value is -4.38. The average Bonchev–Trinajstić information content (AvgIpc) is 3.53. The third-order valence-electron chi connectivity index (χ3n) is 16.9. The molecule has 15 heteroatoms. The molecule has 4 heterocycles. The minimum absolute atomic E-state index is 0.102. The first kappa shape index (κ1) is 53.4. The van der Waals surface area contributed by atoms with Crippen molar-refractivity contribution < 1.29 is 36.6 Å². The summed E-state index contributed by atoms with van der Waals surface area (Å²) in [6, 6.07) is 32.5. The molecule has 0 unspecified atom stereocenters. The Morgan fingerprint density at radius 3 is 2.40 bits per heavy atom. The lowest BCUT2D eigenvalue weighted by Gasteiger charge is -2.48. The van der Waals surface area contributed by atoms with Crippen LogP contribution in [-0.2, 0) is 40.6 Å². The predicted octanol–water partition coefficient (Wildman–Crippen LogP) is 7.70. The van der Waals surface area contributed by atoms with Crippen molar-refractivity contribution in [3.63, 3.8) is 0 Å². The standard InChI is InChI=1S/C51H61ClN2O7SSi.C7H14N2O/c1-36-14-12-28-51(34-55,59-5)44-23-20-39(44)32-54-33-50(27-13-15-37-30-40(52)22-24-43(37)50)35-60-46-25-21-38(31-45(46)54)48(56)53-62(57,58)47(36)26-29-61-63(49(2,3)4,41-16-8-6-9-17-41)42-18-10-7-11-19-42;1-2-9-3-4-10-6-7(9)5-8-1/h6-12,16-19,21-22,24-25,28,30-31,34,36,39,44,47H,13-15,20,23,26-27,29,32-33,35H2,1-5H3,(H,53,56);7-8H,1-6H2/b28-12+;/t36-,39-,44+,47+,50-,51-;7-/m00/s1. The van der Waals surface area contributed by atoms with Gasteiger partial charge in [0.05, 0.1) is 30.8 Å². The molecule has 0 radical (unpaired) electrons. The summed E-state index contributed by atoms with van der Waals surface area (Å²) in [5.74, 6) is -0.523. The third-order valence-corrected chi connectivity index (χ3v) is 24.1. The summed E-state index contributed by atoms with van der Waals surface area (Å²) in [4.78, 5) is 32.4. The molecule has 2 saturated heterocycles. The van der Waals surface area contributed by atoms with E-state index in [0.717, 1.165) is 87.3 Å². The highest BCUT2D eigenvalue weighted by Crippen LogP contribution is 2.49. The van der Waals surface area contributed by atoms with E-state index in [1.807, 2.05) is 61.5 Å². The van der Waals surface area contributed by atoms with Gasteiger partial charge in [-0.25, -0.2) is 13.1 Å². The molecular weight excluding hydrogens is 976 g/mol. The van der Waals surface area contributed by atoms with Gasteiger partial charge in [-0.2, -0.15) is 0 Å². The van der Waals surface area contributed by atoms with Gasteiger partial charge in [0.1, 0.15) is 11.4 Å². The molecule has 6 aliphatic rings. The van der Waals surface area contributed by atoms with Crippen molar-refractivity contribution in [3.05, 3.63) is 131 Å². The number of carbonyl (C=O) groups is 2. The SMILES string of the molecule is C1CN2CCOC[C@@H]2CN1.CO[C@]1(C=O)/C=C/C[C@H](C)[C@@H](CCO[Si](c2ccccc2)(c2ccccc2)C(C)(C)C)S(=O)(=O)NC(=O)c2ccc3c(c2)N(C[C@@H]2CC[C@H]21)C[C@@]1(CCCc2cc(Cl)ccc21)CO3. The number of aryl methyl sites for hydroxylation is 1. The molecule has 1 spiro atoms. The molecule has 0 aromatic heterocycles. The highest BCUT2D eigenvalue weighted by molar-refractivity contribution is 7.90. The molecule has 73 heavy (non-hydrogen) atoms. The molecule has 1 saturated carbocycles. The van der Waals surface area contributed by atoms with E-state index in [4.69, 9.17) is 30.2 Å². The summed E-state index contributed by atoms with van der Waals surface area (Å²) in [7, 11) is -5.70. The molecule has 4 aromatic rings. The number of rotatable bonds is 8. The van der Waals surface area contributed by atoms with Crippen molar-refractivity contribution in [1.82, 2.24) is 14.9 Å². The Morgan fingerprint density at radius 2 is 1.73 bits per heavy atom. The van der Waals surface area contributed by atoms with Crippen LogP contribution < -0.4 is 30.0 Å². The molecular formula is C58H75ClN4O8SSi. The number of nitrogens with one attached hydrogen (secondary N) is 2. The van der Waals surface area contributed by atoms with E-state index >= 15 is 0 Å². The van der Waals surface area contributed by atoms with Crippen LogP contribution in [0.2, 0.25) is 10.1 Å². The Kier molecular flexibility index (Phi) is 16.4. The van der Waals surface area contributed by atoms with Gasteiger partial charge in [0.15, 0.2) is 6.29 Å². The van der Waals surface area contributed by atoms with Gasteiger partial charge >= 0.3 is 0 Å². The fourth-order valence-corrected chi connectivity index (χ4v) is 19.2. The second-order valence-corrected chi connectivity index (χ2v) is 28.9. The van der Waals surface area contributed by atoms with Gasteiger partial charge in [-0.15, -0.1) is 0 Å². The number of amides is 1. The quantitative estimate of drug-likeness (QED) is 0.102. The highest BCUT2D eigenvalue weighted by Gasteiger charge is 2.52. The molecule has 4 aromatic carbocycles. The first-order valence-electron chi connectivity index (χ1n) is 26.5. The van der Waals surface area contributed by atoms with Crippen molar-refractivity contribution in [2.24, 2.45) is 17.8 Å². The van der Waals surface area contributed by atoms with Crippen LogP contribution in [0.5, 0.6) is 5.75 Å². The summed E-state index contributed by atoms with van der Waals surface area (Å²) in [5, 5.41) is 4.93. The molecule has 4 aliphatic heterocycles. The topological polar surface area (TPSA) is 136 Å². The number of sulfonamides is 1. The van der Waals surface area contributed by atoms with Crippen LogP contribution >= 0.6 is 11.6 Å². The molecule has 2 aliphatic carbocycles. The number of morpholine rings is 1. The van der Waals surface area contributed by atoms with E-state index in [2.05, 4.69) is 77.0 Å². The number of benzene rings is 4. The molecule has 3 fully saturated rings. The number of halogens is 1. The maximum Gasteiger partial charge on any atom is 0.264 e. The molecule has 392 valence electrons. The lowest BCUT2D eigenvalue weighted by atomic mass is 9.64. The summed E-state index contributed by atoms with van der Waals surface area (Å²) < 4.78 is 57.3. The van der Waals surface area contributed by atoms with Gasteiger partial charge in [-0.1, -0.05) is 112 Å². The zero-order chi connectivity index (χ0) is 51.4. The third kappa shape index (κ3) is 11.0. The fourth-order valence-electron chi connectivity index (χ4n) is 12.8. The summed E-state index contributed by atoms with van der Waals surface area (Å²) in [5.41, 5.74) is 1.84. The van der Waals surface area contributed by atoms with Gasteiger partial charge in [0.2, 0.25) is 10.0 Å². The minimum atomic E-state index is -4.28. The zero-order valence-corrected chi connectivity index (χ0v) is 45.9. The maximum atomic E-state index is 14.7. The highest BCUT2D eigenvalue weighted by atomic mass is 35.5. The van der Waals surface area contributed by atoms with Crippen molar-refractivity contribution >= 4 is 58.2 Å². The molecule has 1 amide bonds. The van der Waals surface area contributed by atoms with E-state index in [-0.39, 0.29) is 40.9 Å². The zero-order valence-electron chi connectivity index (χ0n) is 43.3. The Labute approximate surface area is 439 Å². The van der Waals surface area contributed by atoms with E-state index in [9.17, 15) is 18.0 Å². The van der Waals surface area contributed by atoms with Crippen LogP contribution in [0.4, 0.5) is 5.69 Å². The van der Waals surface area contributed by atoms with E-state index in [0.29, 0.717) is 42.9 Å². The van der Waals surface area contributed by atoms with Gasteiger partial charge in [-0.05, 0) is 120 Å². The molecule has 2 bridgehead atoms. The normalized spacial score (nSPS) is 28.8. The van der Waals surface area contributed by atoms with Crippen LogP contribution in [0.3, 0.4) is 0 Å². The van der Waals surface area contributed by atoms with Crippen LogP contribution in [-0.4, -0.2) is 124 Å². The van der Waals surface area contributed by atoms with Crippen molar-refractivity contribution in [1.29, 1.82) is 0 Å². The smallest absolute Gasteiger partial charge is 0.264 e. The fraction of sp³-hybridized carbons (Fsp3) is 0.517. The second-order valence-electron chi connectivity index (χ2n) is 22.3. The lowest BCUT2D eigenvalue weighted by molar-refractivity contribution is -0.135. The van der Waals surface area contributed by atoms with Gasteiger partial charge in [-0.3, -0.25) is 14.5 Å². The number of ether oxygens (including phenoxy) is 3. The number of hydrogen-bond acceptors (Lipinski definition) is 11. The second kappa shape index (κ2) is 22.4. The van der Waals surface area contributed by atoms with Crippen molar-refractivity contribution in [2.45, 2.75) is 100.0 Å². The summed E-state index contributed by atoms with van der Waals surface area (Å²) >= 11 is 6.50. The van der Waals surface area contributed by atoms with Gasteiger partial charge in [0.25, 0.3) is 14.2 Å². The molecule has 2 N–H and O–H groups in total. The van der Waals surface area contributed by atoms with Crippen LogP contribution in [0.15, 0.2) is 109 Å². The first-order valence-corrected chi connectivity index (χ1v) is 30.3. The van der Waals surface area contributed by atoms with Crippen molar-refractivity contribution in [2.75, 3.05) is 77.7 Å². The van der Waals surface area contributed by atoms with Crippen LogP contribution in [0.25, 0.3) is 0 Å². The number of carbonyl (C=O) groups excluding carboxylic acids is 2. The van der Waals surface area contributed by atoms with E-state index in [1.54, 1.807) is 25.3 Å². The minimum Gasteiger partial charge on any atom is -0.490 e. The maximum absolute atomic E-state index is 14.7. The predicted molar refractivity (Wildman–Crippen MR) is 293 cm³/mol. The Bertz CT molecular complexity index is 2640. The summed E-state index contributed by atoms with van der Waals surface area (Å²) in [6.07, 6.45) is 9.67. The number of allylic oxidation sites excluding steroid dienone is 1. The largest absolute Gasteiger partial charge is 0.490 e. The average molecular weight is 1050 g/mol. The van der Waals surface area contributed by atoms with E-state index in [1.165, 1.54) is 17.7 Å². The van der Waals surface area contributed by atoms with Gasteiger partial charge in [0, 0.05) is 80.9 Å². The number of methoxy groups -OCH3 is 1. The first-order chi connectivity index (χ1) is 35.1. The molecule has 10 rings (SSSR count). The molecule has 7 atom stereocenters. The van der Waals surface area contributed by atoms with Crippen molar-refractivity contribution in [3.8, 4) is 5.75 Å². The number of fused-ring (bicyclic) bond motifs is 5. The molecule has 12 nitrogen and oxygen atoms in total. The number of anilines is 1. The Morgan fingerprint density at radius 1 is 0.973 bits per heavy atom. The number of hydrogen-bond donors (Lipinski definition) is 2. The number of nitrogens with zero attached hydrogens (tertiary/aromatic N) is 2. The van der Waals surface area contributed by atoms with Crippen LogP contribution in [0, 0.1) is 17.8 Å². The number of piperazine rings is 1. The van der Waals surface area contributed by atoms with Gasteiger partial charge < -0.3 is 28.9 Å². The Balaban J connectivity index is 0.000000581. The monoisotopic (exact) mass is 1050 g/mol. The van der Waals surface area contributed by atoms with E-state index < -0.39 is 41.0 Å². The summed E-state index contributed by atoms with van der Waals surface area (Å²) in [6.45, 7) is 16.7. The number of aldehydes is 1. The lowest BCUT2D eigenvalue weighted by Crippen LogP contribution is -2.66.